The van der Waals surface area contributed by atoms with Gasteiger partial charge in [0.1, 0.15) is 5.82 Å². The van der Waals surface area contributed by atoms with Crippen molar-refractivity contribution in [2.24, 2.45) is 0 Å². The summed E-state index contributed by atoms with van der Waals surface area (Å²) in [4.78, 5) is 11.8. The number of hydrogen-bond donors (Lipinski definition) is 1. The van der Waals surface area contributed by atoms with Crippen molar-refractivity contribution in [1.29, 1.82) is 0 Å². The first kappa shape index (κ1) is 14.6. The van der Waals surface area contributed by atoms with Gasteiger partial charge in [0.25, 0.3) is 5.91 Å². The number of amides is 1. The Morgan fingerprint density at radius 2 is 2.08 bits per heavy atom. The Morgan fingerprint density at radius 3 is 2.79 bits per heavy atom. The minimum absolute atomic E-state index is 0.195. The number of aromatic nitrogens is 2. The monoisotopic (exact) mass is 321 g/mol. The predicted molar refractivity (Wildman–Crippen MR) is 88.7 cm³/mol. The zero-order valence-corrected chi connectivity index (χ0v) is 13.2. The van der Waals surface area contributed by atoms with E-state index in [9.17, 15) is 9.18 Å². The molecule has 120 valence electrons. The van der Waals surface area contributed by atoms with E-state index in [-0.39, 0.29) is 18.3 Å². The highest BCUT2D eigenvalue weighted by molar-refractivity contribution is 5.98. The summed E-state index contributed by atoms with van der Waals surface area (Å²) in [6.07, 6.45) is 4.20. The van der Waals surface area contributed by atoms with Gasteiger partial charge < -0.3 is 5.32 Å². The first-order valence-electron chi connectivity index (χ1n) is 7.81. The van der Waals surface area contributed by atoms with Crippen molar-refractivity contribution in [2.75, 3.05) is 0 Å². The van der Waals surface area contributed by atoms with E-state index >= 15 is 0 Å². The van der Waals surface area contributed by atoms with Gasteiger partial charge in [-0.05, 0) is 54.3 Å². The quantitative estimate of drug-likeness (QED) is 0.805. The molecular formula is C19H16FN3O. The van der Waals surface area contributed by atoms with Crippen LogP contribution in [0.15, 0.2) is 48.8 Å². The van der Waals surface area contributed by atoms with Gasteiger partial charge >= 0.3 is 0 Å². The van der Waals surface area contributed by atoms with Crippen LogP contribution < -0.4 is 5.32 Å². The van der Waals surface area contributed by atoms with Crippen LogP contribution in [0, 0.1) is 12.7 Å². The number of fused-ring (bicyclic) bond motifs is 1. The van der Waals surface area contributed by atoms with Crippen LogP contribution in [0.2, 0.25) is 0 Å². The molecule has 2 heterocycles. The average Bonchev–Trinajstić information content (AvgIpc) is 3.24. The number of carbonyl (C=O) groups is 1. The maximum atomic E-state index is 14.5. The Morgan fingerprint density at radius 1 is 1.29 bits per heavy atom. The van der Waals surface area contributed by atoms with Crippen molar-refractivity contribution in [3.8, 4) is 5.69 Å². The number of hydrogen-bond acceptors (Lipinski definition) is 2. The minimum Gasteiger partial charge on any atom is -0.348 e. The highest BCUT2D eigenvalue weighted by Gasteiger charge is 2.25. The second-order valence-electron chi connectivity index (χ2n) is 5.98. The summed E-state index contributed by atoms with van der Waals surface area (Å²) in [7, 11) is 0. The summed E-state index contributed by atoms with van der Waals surface area (Å²) in [6.45, 7) is 2.05. The Bertz CT molecular complexity index is 915. The van der Waals surface area contributed by atoms with Crippen molar-refractivity contribution in [1.82, 2.24) is 15.1 Å². The lowest BCUT2D eigenvalue weighted by molar-refractivity contribution is 0.0965. The molecule has 0 radical (unpaired) electrons. The van der Waals surface area contributed by atoms with Gasteiger partial charge in [0.05, 0.1) is 5.69 Å². The smallest absolute Gasteiger partial charge is 0.252 e. The molecule has 5 heteroatoms. The summed E-state index contributed by atoms with van der Waals surface area (Å²) in [6, 6.07) is 11.7. The Kier molecular flexibility index (Phi) is 3.41. The molecule has 24 heavy (non-hydrogen) atoms. The molecule has 4 nitrogen and oxygen atoms in total. The highest BCUT2D eigenvalue weighted by atomic mass is 19.1. The zero-order valence-electron chi connectivity index (χ0n) is 13.2. The predicted octanol–water partition coefficient (Wildman–Crippen LogP) is 3.15. The van der Waals surface area contributed by atoms with E-state index in [0.29, 0.717) is 23.1 Å². The molecule has 0 fully saturated rings. The lowest BCUT2D eigenvalue weighted by Crippen LogP contribution is -2.12. The number of benzene rings is 2. The first-order valence-corrected chi connectivity index (χ1v) is 7.81. The molecule has 2 aromatic carbocycles. The van der Waals surface area contributed by atoms with E-state index in [4.69, 9.17) is 0 Å². The van der Waals surface area contributed by atoms with Gasteiger partial charge in [-0.3, -0.25) is 4.79 Å². The molecule has 1 aliphatic rings. The molecule has 0 atom stereocenters. The third-order valence-electron chi connectivity index (χ3n) is 4.49. The molecule has 4 rings (SSSR count). The van der Waals surface area contributed by atoms with Crippen molar-refractivity contribution in [2.45, 2.75) is 19.9 Å². The van der Waals surface area contributed by atoms with E-state index in [1.54, 1.807) is 17.8 Å². The molecule has 1 amide bonds. The third kappa shape index (κ3) is 2.38. The van der Waals surface area contributed by atoms with E-state index in [0.717, 1.165) is 16.8 Å². The molecule has 0 unspecified atom stereocenters. The number of halogens is 1. The van der Waals surface area contributed by atoms with Crippen molar-refractivity contribution >= 4 is 5.91 Å². The van der Waals surface area contributed by atoms with Gasteiger partial charge in [-0.2, -0.15) is 5.10 Å². The van der Waals surface area contributed by atoms with Gasteiger partial charge in [-0.25, -0.2) is 9.07 Å². The first-order chi connectivity index (χ1) is 11.6. The van der Waals surface area contributed by atoms with Crippen LogP contribution in [-0.2, 0) is 13.0 Å². The summed E-state index contributed by atoms with van der Waals surface area (Å²) >= 11 is 0. The van der Waals surface area contributed by atoms with Crippen LogP contribution in [0.3, 0.4) is 0 Å². The van der Waals surface area contributed by atoms with Crippen molar-refractivity contribution < 1.29 is 9.18 Å². The van der Waals surface area contributed by atoms with E-state index in [1.165, 1.54) is 0 Å². The van der Waals surface area contributed by atoms with Crippen LogP contribution in [0.1, 0.15) is 32.6 Å². The standard InChI is InChI=1S/C19H16FN3O/c1-12-14(10-16-17(18(12)20)11-21-19(16)24)9-13-3-5-15(6-4-13)23-8-2-7-22-23/h2-8,10H,9,11H2,1H3,(H,21,24). The molecule has 1 N–H and O–H groups in total. The van der Waals surface area contributed by atoms with Gasteiger partial charge in [0.15, 0.2) is 0 Å². The summed E-state index contributed by atoms with van der Waals surface area (Å²) in [5.74, 6) is -0.465. The second kappa shape index (κ2) is 5.60. The highest BCUT2D eigenvalue weighted by Crippen LogP contribution is 2.27. The fourth-order valence-corrected chi connectivity index (χ4v) is 3.09. The van der Waals surface area contributed by atoms with Crippen LogP contribution >= 0.6 is 0 Å². The van der Waals surface area contributed by atoms with Crippen LogP contribution in [0.4, 0.5) is 4.39 Å². The lowest BCUT2D eigenvalue weighted by atomic mass is 9.95. The number of nitrogens with zero attached hydrogens (tertiary/aromatic N) is 2. The Balaban J connectivity index is 1.65. The van der Waals surface area contributed by atoms with Gasteiger partial charge in [-0.1, -0.05) is 12.1 Å². The molecule has 3 aromatic rings. The van der Waals surface area contributed by atoms with Gasteiger partial charge in [0, 0.05) is 30.1 Å². The van der Waals surface area contributed by atoms with Crippen LogP contribution in [0.5, 0.6) is 0 Å². The van der Waals surface area contributed by atoms with E-state index in [2.05, 4.69) is 10.4 Å². The molecule has 0 saturated carbocycles. The molecule has 1 aromatic heterocycles. The number of rotatable bonds is 3. The van der Waals surface area contributed by atoms with Crippen molar-refractivity contribution in [3.63, 3.8) is 0 Å². The SMILES string of the molecule is Cc1c(Cc2ccc(-n3cccn3)cc2)cc2c(c1F)CNC2=O. The molecule has 1 aliphatic heterocycles. The van der Waals surface area contributed by atoms with Gasteiger partial charge in [-0.15, -0.1) is 0 Å². The zero-order chi connectivity index (χ0) is 16.7. The molecule has 0 spiro atoms. The third-order valence-corrected chi connectivity index (χ3v) is 4.49. The molecular weight excluding hydrogens is 305 g/mol. The lowest BCUT2D eigenvalue weighted by Gasteiger charge is -2.11. The summed E-state index contributed by atoms with van der Waals surface area (Å²) in [5, 5.41) is 6.87. The molecule has 0 saturated heterocycles. The normalized spacial score (nSPS) is 13.0. The molecule has 0 bridgehead atoms. The number of carbonyl (C=O) groups excluding carboxylic acids is 1. The second-order valence-corrected chi connectivity index (χ2v) is 5.98. The van der Waals surface area contributed by atoms with Crippen molar-refractivity contribution in [3.05, 3.63) is 82.4 Å². The number of nitrogens with one attached hydrogen (secondary N) is 1. The van der Waals surface area contributed by atoms with Crippen LogP contribution in [0.25, 0.3) is 5.69 Å². The van der Waals surface area contributed by atoms with Crippen LogP contribution in [-0.4, -0.2) is 15.7 Å². The topological polar surface area (TPSA) is 46.9 Å². The Hall–Kier alpha value is -2.95. The van der Waals surface area contributed by atoms with E-state index < -0.39 is 0 Å². The largest absolute Gasteiger partial charge is 0.348 e. The fraction of sp³-hybridized carbons (Fsp3) is 0.158. The average molecular weight is 321 g/mol. The maximum absolute atomic E-state index is 14.5. The Labute approximate surface area is 138 Å². The summed E-state index contributed by atoms with van der Waals surface area (Å²) in [5.41, 5.74) is 4.43. The minimum atomic E-state index is -0.269. The maximum Gasteiger partial charge on any atom is 0.252 e. The van der Waals surface area contributed by atoms with E-state index in [1.807, 2.05) is 42.6 Å². The van der Waals surface area contributed by atoms with Gasteiger partial charge in [0.2, 0.25) is 0 Å². The fourth-order valence-electron chi connectivity index (χ4n) is 3.09. The summed E-state index contributed by atoms with van der Waals surface area (Å²) < 4.78 is 16.3. The molecule has 0 aliphatic carbocycles.